The molecule has 1 aromatic rings. The molecule has 0 spiro atoms. The number of nitrogens with one attached hydrogen (secondary N) is 1. The molecule has 0 aliphatic rings. The van der Waals surface area contributed by atoms with Crippen LogP contribution in [0.2, 0.25) is 0 Å². The van der Waals surface area contributed by atoms with Crippen molar-refractivity contribution in [3.05, 3.63) is 30.1 Å². The molecule has 6 heteroatoms. The van der Waals surface area contributed by atoms with Crippen LogP contribution in [0.1, 0.15) is 24.3 Å². The second kappa shape index (κ2) is 5.59. The first-order valence-electron chi connectivity index (χ1n) is 4.60. The number of hydrogen-bond donors (Lipinski definition) is 2. The fourth-order valence-corrected chi connectivity index (χ4v) is 0.842. The van der Waals surface area contributed by atoms with Crippen molar-refractivity contribution in [2.24, 2.45) is 10.3 Å². The first kappa shape index (κ1) is 11.8. The lowest BCUT2D eigenvalue weighted by molar-refractivity contribution is 0.0950. The van der Waals surface area contributed by atoms with Gasteiger partial charge in [0.2, 0.25) is 0 Å². The van der Waals surface area contributed by atoms with Crippen molar-refractivity contribution in [1.82, 2.24) is 10.4 Å². The molecule has 16 heavy (non-hydrogen) atoms. The maximum Gasteiger partial charge on any atom is 0.289 e. The molecular weight excluding hydrogens is 208 g/mol. The Labute approximate surface area is 92.7 Å². The average Bonchev–Trinajstić information content (AvgIpc) is 2.35. The Balaban J connectivity index is 2.67. The Morgan fingerprint density at radius 1 is 1.38 bits per heavy atom. The van der Waals surface area contributed by atoms with Crippen molar-refractivity contribution in [1.29, 1.82) is 0 Å². The zero-order valence-corrected chi connectivity index (χ0v) is 9.01. The van der Waals surface area contributed by atoms with Crippen LogP contribution in [0, 0.1) is 0 Å². The molecule has 0 fully saturated rings. The molecule has 1 amide bonds. The second-order valence-corrected chi connectivity index (χ2v) is 3.04. The van der Waals surface area contributed by atoms with E-state index in [-0.39, 0.29) is 5.69 Å². The van der Waals surface area contributed by atoms with Crippen LogP contribution < -0.4 is 5.43 Å². The molecule has 1 heterocycles. The van der Waals surface area contributed by atoms with E-state index in [1.807, 2.05) is 0 Å². The van der Waals surface area contributed by atoms with Crippen LogP contribution in [0.3, 0.4) is 0 Å². The van der Waals surface area contributed by atoms with E-state index in [1.165, 1.54) is 6.20 Å². The van der Waals surface area contributed by atoms with E-state index in [2.05, 4.69) is 20.7 Å². The molecule has 0 bridgehead atoms. The number of pyridine rings is 1. The number of hydrazone groups is 1. The van der Waals surface area contributed by atoms with Gasteiger partial charge in [0.1, 0.15) is 5.69 Å². The molecule has 0 unspecified atom stereocenters. The van der Waals surface area contributed by atoms with Crippen molar-refractivity contribution in [3.63, 3.8) is 0 Å². The number of nitrogens with zero attached hydrogens (tertiary/aromatic N) is 3. The highest BCUT2D eigenvalue weighted by Gasteiger charge is 2.05. The molecule has 2 N–H and O–H groups in total. The minimum Gasteiger partial charge on any atom is -0.411 e. The van der Waals surface area contributed by atoms with Gasteiger partial charge < -0.3 is 5.21 Å². The highest BCUT2D eigenvalue weighted by atomic mass is 16.4. The Morgan fingerprint density at radius 3 is 2.69 bits per heavy atom. The number of oxime groups is 1. The van der Waals surface area contributed by atoms with Gasteiger partial charge in [-0.05, 0) is 26.0 Å². The fraction of sp³-hybridized carbons (Fsp3) is 0.200. The van der Waals surface area contributed by atoms with Gasteiger partial charge in [-0.1, -0.05) is 11.2 Å². The van der Waals surface area contributed by atoms with Crippen molar-refractivity contribution < 1.29 is 10.0 Å². The maximum atomic E-state index is 11.5. The normalized spacial score (nSPS) is 12.4. The van der Waals surface area contributed by atoms with Crippen LogP contribution in [-0.4, -0.2) is 27.5 Å². The van der Waals surface area contributed by atoms with E-state index in [0.29, 0.717) is 11.4 Å². The Bertz CT molecular complexity index is 426. The van der Waals surface area contributed by atoms with Crippen LogP contribution in [0.25, 0.3) is 0 Å². The van der Waals surface area contributed by atoms with Gasteiger partial charge in [0.15, 0.2) is 0 Å². The number of hydrogen-bond acceptors (Lipinski definition) is 5. The first-order valence-corrected chi connectivity index (χ1v) is 4.60. The van der Waals surface area contributed by atoms with Crippen LogP contribution in [-0.2, 0) is 0 Å². The van der Waals surface area contributed by atoms with E-state index < -0.39 is 5.91 Å². The lowest BCUT2D eigenvalue weighted by Crippen LogP contribution is -2.21. The smallest absolute Gasteiger partial charge is 0.289 e. The van der Waals surface area contributed by atoms with Gasteiger partial charge in [-0.15, -0.1) is 0 Å². The van der Waals surface area contributed by atoms with Crippen LogP contribution in [0.4, 0.5) is 0 Å². The minimum absolute atomic E-state index is 0.276. The number of carbonyl (C=O) groups excluding carboxylic acids is 1. The summed E-state index contributed by atoms with van der Waals surface area (Å²) < 4.78 is 0. The highest BCUT2D eigenvalue weighted by molar-refractivity contribution is 6.40. The monoisotopic (exact) mass is 220 g/mol. The summed E-state index contributed by atoms with van der Waals surface area (Å²) >= 11 is 0. The van der Waals surface area contributed by atoms with Crippen molar-refractivity contribution in [2.45, 2.75) is 13.8 Å². The summed E-state index contributed by atoms with van der Waals surface area (Å²) in [7, 11) is 0. The van der Waals surface area contributed by atoms with Gasteiger partial charge in [-0.25, -0.2) is 5.43 Å². The summed E-state index contributed by atoms with van der Waals surface area (Å²) in [5, 5.41) is 15.2. The number of aromatic nitrogens is 1. The van der Waals surface area contributed by atoms with Crippen LogP contribution >= 0.6 is 0 Å². The zero-order valence-electron chi connectivity index (χ0n) is 9.01. The minimum atomic E-state index is -0.411. The predicted octanol–water partition coefficient (Wildman–Crippen LogP) is 1.04. The average molecular weight is 220 g/mol. The van der Waals surface area contributed by atoms with Crippen molar-refractivity contribution in [2.75, 3.05) is 0 Å². The summed E-state index contributed by atoms with van der Waals surface area (Å²) in [6.45, 7) is 3.19. The summed E-state index contributed by atoms with van der Waals surface area (Å²) in [6, 6.07) is 5.00. The number of amides is 1. The van der Waals surface area contributed by atoms with Crippen molar-refractivity contribution >= 4 is 17.3 Å². The van der Waals surface area contributed by atoms with E-state index in [0.717, 1.165) is 0 Å². The Hall–Kier alpha value is -2.24. The SMILES string of the molecule is CC(=NO)C(C)=NNC(=O)c1ccccn1. The van der Waals surface area contributed by atoms with E-state index in [4.69, 9.17) is 5.21 Å². The van der Waals surface area contributed by atoms with Crippen LogP contribution in [0.15, 0.2) is 34.7 Å². The van der Waals surface area contributed by atoms with Gasteiger partial charge in [-0.2, -0.15) is 5.10 Å². The topological polar surface area (TPSA) is 86.9 Å². The number of rotatable bonds is 3. The molecule has 0 radical (unpaired) electrons. The van der Waals surface area contributed by atoms with Gasteiger partial charge in [0.05, 0.1) is 11.4 Å². The van der Waals surface area contributed by atoms with Gasteiger partial charge in [-0.3, -0.25) is 9.78 Å². The van der Waals surface area contributed by atoms with Crippen molar-refractivity contribution in [3.8, 4) is 0 Å². The maximum absolute atomic E-state index is 11.5. The number of carbonyl (C=O) groups is 1. The molecule has 1 aromatic heterocycles. The van der Waals surface area contributed by atoms with Gasteiger partial charge >= 0.3 is 0 Å². The molecule has 0 saturated heterocycles. The first-order chi connectivity index (χ1) is 7.65. The van der Waals surface area contributed by atoms with Crippen LogP contribution in [0.5, 0.6) is 0 Å². The molecule has 0 aromatic carbocycles. The highest BCUT2D eigenvalue weighted by Crippen LogP contribution is 1.92. The van der Waals surface area contributed by atoms with Gasteiger partial charge in [0, 0.05) is 6.20 Å². The quantitative estimate of drug-likeness (QED) is 0.453. The largest absolute Gasteiger partial charge is 0.411 e. The Kier molecular flexibility index (Phi) is 4.14. The molecule has 0 aliphatic carbocycles. The third-order valence-electron chi connectivity index (χ3n) is 1.90. The molecule has 0 aliphatic heterocycles. The molecule has 1 rings (SSSR count). The van der Waals surface area contributed by atoms with Gasteiger partial charge in [0.25, 0.3) is 5.91 Å². The third-order valence-corrected chi connectivity index (χ3v) is 1.90. The molecule has 0 atom stereocenters. The standard InChI is InChI=1S/C10H12N4O2/c1-7(8(2)14-16)12-13-10(15)9-5-3-4-6-11-9/h3-6,16H,1-2H3,(H,13,15). The summed E-state index contributed by atoms with van der Waals surface area (Å²) in [5.74, 6) is -0.411. The summed E-state index contributed by atoms with van der Waals surface area (Å²) in [6.07, 6.45) is 1.52. The molecule has 0 saturated carbocycles. The molecule has 6 nitrogen and oxygen atoms in total. The summed E-state index contributed by atoms with van der Waals surface area (Å²) in [4.78, 5) is 15.3. The van der Waals surface area contributed by atoms with E-state index >= 15 is 0 Å². The van der Waals surface area contributed by atoms with E-state index in [1.54, 1.807) is 32.0 Å². The van der Waals surface area contributed by atoms with E-state index in [9.17, 15) is 4.79 Å². The second-order valence-electron chi connectivity index (χ2n) is 3.04. The summed E-state index contributed by atoms with van der Waals surface area (Å²) in [5.41, 5.74) is 3.34. The lowest BCUT2D eigenvalue weighted by Gasteiger charge is -2.00. The fourth-order valence-electron chi connectivity index (χ4n) is 0.842. The lowest BCUT2D eigenvalue weighted by atomic mass is 10.3. The Morgan fingerprint density at radius 2 is 2.12 bits per heavy atom. The zero-order chi connectivity index (χ0) is 12.0. The third kappa shape index (κ3) is 3.16. The predicted molar refractivity (Wildman–Crippen MR) is 59.7 cm³/mol. The molecular formula is C10H12N4O2. The molecule has 84 valence electrons.